The van der Waals surface area contributed by atoms with Crippen molar-refractivity contribution in [1.29, 1.82) is 0 Å². The first-order valence-corrected chi connectivity index (χ1v) is 13.4. The third-order valence-corrected chi connectivity index (χ3v) is 7.23. The van der Waals surface area contributed by atoms with E-state index in [0.717, 1.165) is 63.1 Å². The molecule has 0 amide bonds. The summed E-state index contributed by atoms with van der Waals surface area (Å²) in [5.41, 5.74) is 4.46. The smallest absolute Gasteiger partial charge is 0.337 e. The van der Waals surface area contributed by atoms with Crippen molar-refractivity contribution in [3.8, 4) is 0 Å². The topological polar surface area (TPSA) is 83.1 Å². The Hall–Kier alpha value is -2.97. The molecule has 8 heteroatoms. The van der Waals surface area contributed by atoms with E-state index >= 15 is 0 Å². The lowest BCUT2D eigenvalue weighted by atomic mass is 10.1. The van der Waals surface area contributed by atoms with Crippen molar-refractivity contribution in [2.75, 3.05) is 38.6 Å². The molecule has 36 heavy (non-hydrogen) atoms. The summed E-state index contributed by atoms with van der Waals surface area (Å²) >= 11 is 3.60. The number of nitrogens with one attached hydrogen (secondary N) is 2. The molecule has 2 aromatic carbocycles. The molecule has 3 heterocycles. The Morgan fingerprint density at radius 1 is 1.14 bits per heavy atom. The monoisotopic (exact) mass is 549 g/mol. The third-order valence-electron chi connectivity index (χ3n) is 6.77. The number of ether oxygens (including phenoxy) is 1. The van der Waals surface area contributed by atoms with Crippen LogP contribution >= 0.6 is 15.9 Å². The summed E-state index contributed by atoms with van der Waals surface area (Å²) in [5, 5.41) is 5.54. The van der Waals surface area contributed by atoms with Gasteiger partial charge in [-0.2, -0.15) is 0 Å². The lowest BCUT2D eigenvalue weighted by Crippen LogP contribution is -2.31. The van der Waals surface area contributed by atoms with Gasteiger partial charge in [-0.25, -0.2) is 14.8 Å². The first-order valence-electron chi connectivity index (χ1n) is 12.6. The Morgan fingerprint density at radius 3 is 2.75 bits per heavy atom. The van der Waals surface area contributed by atoms with Crippen LogP contribution in [0.3, 0.4) is 0 Å². The van der Waals surface area contributed by atoms with Gasteiger partial charge in [0.25, 0.3) is 0 Å². The first kappa shape index (κ1) is 24.7. The van der Waals surface area contributed by atoms with E-state index in [0.29, 0.717) is 12.0 Å². The molecule has 188 valence electrons. The number of anilines is 1. The van der Waals surface area contributed by atoms with Crippen LogP contribution in [0.15, 0.2) is 40.9 Å². The fraction of sp³-hybridized carbons (Fsp3) is 0.393. The van der Waals surface area contributed by atoms with Crippen LogP contribution in [0, 0.1) is 6.92 Å². The van der Waals surface area contributed by atoms with Gasteiger partial charge < -0.3 is 19.9 Å². The Balaban J connectivity index is 1.46. The van der Waals surface area contributed by atoms with Gasteiger partial charge in [0.05, 0.1) is 18.1 Å². The number of aromatic nitrogens is 3. The van der Waals surface area contributed by atoms with Crippen LogP contribution in [0.25, 0.3) is 21.9 Å². The van der Waals surface area contributed by atoms with E-state index in [9.17, 15) is 4.79 Å². The normalized spacial score (nSPS) is 14.4. The molecule has 0 unspecified atom stereocenters. The minimum atomic E-state index is -0.358. The first-order chi connectivity index (χ1) is 17.5. The highest BCUT2D eigenvalue weighted by atomic mass is 79.9. The summed E-state index contributed by atoms with van der Waals surface area (Å²) in [6.45, 7) is 6.44. The van der Waals surface area contributed by atoms with Crippen molar-refractivity contribution in [3.63, 3.8) is 0 Å². The van der Waals surface area contributed by atoms with E-state index in [4.69, 9.17) is 14.7 Å². The Morgan fingerprint density at radius 2 is 1.97 bits per heavy atom. The van der Waals surface area contributed by atoms with Crippen LogP contribution in [-0.4, -0.2) is 59.1 Å². The van der Waals surface area contributed by atoms with Gasteiger partial charge in [0, 0.05) is 28.3 Å². The number of hydrogen-bond donors (Lipinski definition) is 2. The zero-order chi connectivity index (χ0) is 25.1. The molecule has 0 radical (unpaired) electrons. The number of esters is 1. The Bertz CT molecular complexity index is 1370. The van der Waals surface area contributed by atoms with Gasteiger partial charge in [-0.3, -0.25) is 0 Å². The van der Waals surface area contributed by atoms with Crippen molar-refractivity contribution < 1.29 is 9.53 Å². The standard InChI is InChI=1S/C28H32BrN5O2/c1-18-13-19(15-21(29)14-18)16-24-32-26(30-9-6-12-34-10-4-3-5-11-34)25-22-8-7-20(28(35)36-2)17-23(22)31-27(25)33-24/h7-8,13-15,17H,3-6,9-12,16H2,1-2H3,(H2,30,31,32,33). The van der Waals surface area contributed by atoms with Crippen LogP contribution in [-0.2, 0) is 11.2 Å². The summed E-state index contributed by atoms with van der Waals surface area (Å²) in [4.78, 5) is 27.9. The summed E-state index contributed by atoms with van der Waals surface area (Å²) in [7, 11) is 1.39. The van der Waals surface area contributed by atoms with Crippen molar-refractivity contribution in [1.82, 2.24) is 19.9 Å². The molecule has 2 N–H and O–H groups in total. The zero-order valence-electron chi connectivity index (χ0n) is 20.9. The van der Waals surface area contributed by atoms with Gasteiger partial charge in [-0.1, -0.05) is 34.5 Å². The number of hydrogen-bond acceptors (Lipinski definition) is 6. The fourth-order valence-corrected chi connectivity index (χ4v) is 5.74. The molecule has 0 spiro atoms. The van der Waals surface area contributed by atoms with Gasteiger partial charge >= 0.3 is 5.97 Å². The molecule has 1 aliphatic heterocycles. The number of aromatic amines is 1. The highest BCUT2D eigenvalue weighted by Gasteiger charge is 2.17. The molecule has 2 aromatic heterocycles. The quantitative estimate of drug-likeness (QED) is 0.212. The van der Waals surface area contributed by atoms with Crippen LogP contribution in [0.5, 0.6) is 0 Å². The molecule has 5 rings (SSSR count). The number of fused-ring (bicyclic) bond motifs is 3. The predicted octanol–water partition coefficient (Wildman–Crippen LogP) is 5.85. The number of carbonyl (C=O) groups is 1. The molecular weight excluding hydrogens is 518 g/mol. The van der Waals surface area contributed by atoms with E-state index in [1.54, 1.807) is 6.07 Å². The second kappa shape index (κ2) is 11.0. The maximum Gasteiger partial charge on any atom is 0.337 e. The van der Waals surface area contributed by atoms with Crippen LogP contribution in [0.4, 0.5) is 5.82 Å². The highest BCUT2D eigenvalue weighted by Crippen LogP contribution is 2.31. The highest BCUT2D eigenvalue weighted by molar-refractivity contribution is 9.10. The van der Waals surface area contributed by atoms with Gasteiger partial charge in [-0.05, 0) is 81.2 Å². The number of carbonyl (C=O) groups excluding carboxylic acids is 1. The van der Waals surface area contributed by atoms with Gasteiger partial charge in [-0.15, -0.1) is 0 Å². The zero-order valence-corrected chi connectivity index (χ0v) is 22.5. The average Bonchev–Trinajstić information content (AvgIpc) is 3.23. The van der Waals surface area contributed by atoms with Gasteiger partial charge in [0.15, 0.2) is 0 Å². The van der Waals surface area contributed by atoms with Crippen LogP contribution in [0.1, 0.15) is 53.0 Å². The van der Waals surface area contributed by atoms with Crippen molar-refractivity contribution >= 4 is 49.7 Å². The number of nitrogens with zero attached hydrogens (tertiary/aromatic N) is 3. The molecule has 0 aliphatic carbocycles. The number of halogens is 1. The predicted molar refractivity (Wildman–Crippen MR) is 148 cm³/mol. The maximum absolute atomic E-state index is 12.1. The van der Waals surface area contributed by atoms with E-state index in [1.165, 1.54) is 45.0 Å². The van der Waals surface area contributed by atoms with E-state index < -0.39 is 0 Å². The maximum atomic E-state index is 12.1. The lowest BCUT2D eigenvalue weighted by Gasteiger charge is -2.26. The molecule has 4 aromatic rings. The summed E-state index contributed by atoms with van der Waals surface area (Å²) in [5.74, 6) is 1.22. The van der Waals surface area contributed by atoms with Crippen molar-refractivity contribution in [2.24, 2.45) is 0 Å². The van der Waals surface area contributed by atoms with Crippen molar-refractivity contribution in [2.45, 2.75) is 39.0 Å². The molecule has 0 saturated carbocycles. The SMILES string of the molecule is COC(=O)c1ccc2c(c1)[nH]c1nc(Cc3cc(C)cc(Br)c3)nc(NCCCN3CCCCC3)c12. The second-order valence-corrected chi connectivity index (χ2v) is 10.5. The molecule has 7 nitrogen and oxygen atoms in total. The van der Waals surface area contributed by atoms with E-state index in [-0.39, 0.29) is 5.97 Å². The number of piperidine rings is 1. The van der Waals surface area contributed by atoms with E-state index in [1.807, 2.05) is 12.1 Å². The number of H-pyrrole nitrogens is 1. The van der Waals surface area contributed by atoms with E-state index in [2.05, 4.69) is 56.3 Å². The molecule has 0 atom stereocenters. The lowest BCUT2D eigenvalue weighted by molar-refractivity contribution is 0.0601. The summed E-state index contributed by atoms with van der Waals surface area (Å²) in [6, 6.07) is 11.9. The number of rotatable bonds is 8. The summed E-state index contributed by atoms with van der Waals surface area (Å²) < 4.78 is 5.95. The number of benzene rings is 2. The molecule has 1 saturated heterocycles. The minimum Gasteiger partial charge on any atom is -0.465 e. The van der Waals surface area contributed by atoms with Gasteiger partial charge in [0.2, 0.25) is 0 Å². The second-order valence-electron chi connectivity index (χ2n) is 9.59. The number of aryl methyl sites for hydroxylation is 1. The largest absolute Gasteiger partial charge is 0.465 e. The Labute approximate surface area is 219 Å². The molecule has 0 bridgehead atoms. The molecule has 1 fully saturated rings. The van der Waals surface area contributed by atoms with Crippen molar-refractivity contribution in [3.05, 3.63) is 63.4 Å². The number of methoxy groups -OCH3 is 1. The van der Waals surface area contributed by atoms with Crippen LogP contribution in [0.2, 0.25) is 0 Å². The minimum absolute atomic E-state index is 0.358. The average molecular weight is 551 g/mol. The van der Waals surface area contributed by atoms with Gasteiger partial charge in [0.1, 0.15) is 17.3 Å². The Kier molecular flexibility index (Phi) is 7.53. The fourth-order valence-electron chi connectivity index (χ4n) is 5.09. The summed E-state index contributed by atoms with van der Waals surface area (Å²) in [6.07, 6.45) is 5.65. The molecule has 1 aliphatic rings. The molecular formula is C28H32BrN5O2. The number of likely N-dealkylation sites (tertiary alicyclic amines) is 1. The third kappa shape index (κ3) is 5.55. The van der Waals surface area contributed by atoms with Crippen LogP contribution < -0.4 is 5.32 Å².